The third-order valence-corrected chi connectivity index (χ3v) is 5.12. The van der Waals surface area contributed by atoms with E-state index in [1.54, 1.807) is 6.20 Å². The van der Waals surface area contributed by atoms with E-state index in [1.165, 1.54) is 12.8 Å². The molecule has 134 valence electrons. The van der Waals surface area contributed by atoms with Crippen LogP contribution in [0.3, 0.4) is 0 Å². The number of urea groups is 1. The van der Waals surface area contributed by atoms with Crippen molar-refractivity contribution in [1.29, 1.82) is 0 Å². The molecule has 2 atom stereocenters. The molecule has 0 bridgehead atoms. The van der Waals surface area contributed by atoms with Crippen LogP contribution in [0.25, 0.3) is 0 Å². The predicted molar refractivity (Wildman–Crippen MR) is 94.1 cm³/mol. The molecular weight excluding hydrogens is 304 g/mol. The molecule has 1 aromatic rings. The van der Waals surface area contributed by atoms with Gasteiger partial charge >= 0.3 is 6.03 Å². The van der Waals surface area contributed by atoms with Crippen molar-refractivity contribution in [3.8, 4) is 0 Å². The van der Waals surface area contributed by atoms with Gasteiger partial charge in [0, 0.05) is 25.8 Å². The van der Waals surface area contributed by atoms with Crippen molar-refractivity contribution in [2.75, 3.05) is 25.0 Å². The summed E-state index contributed by atoms with van der Waals surface area (Å²) in [5.41, 5.74) is 0. The number of hydrogen-bond donors (Lipinski definition) is 1. The van der Waals surface area contributed by atoms with Crippen LogP contribution in [-0.2, 0) is 4.74 Å². The van der Waals surface area contributed by atoms with Crippen molar-refractivity contribution < 1.29 is 9.53 Å². The maximum atomic E-state index is 12.6. The molecule has 2 fully saturated rings. The van der Waals surface area contributed by atoms with Gasteiger partial charge < -0.3 is 9.64 Å². The van der Waals surface area contributed by atoms with E-state index in [0.29, 0.717) is 18.1 Å². The Kier molecular flexibility index (Phi) is 5.76. The summed E-state index contributed by atoms with van der Waals surface area (Å²) in [6.07, 6.45) is 8.60. The molecule has 1 N–H and O–H groups in total. The van der Waals surface area contributed by atoms with Gasteiger partial charge in [0.25, 0.3) is 0 Å². The lowest BCUT2D eigenvalue weighted by Gasteiger charge is -2.22. The maximum Gasteiger partial charge on any atom is 0.323 e. The topological polar surface area (TPSA) is 59.4 Å². The van der Waals surface area contributed by atoms with Crippen LogP contribution in [0.2, 0.25) is 0 Å². The molecule has 1 saturated carbocycles. The molecule has 2 aliphatic rings. The molecule has 1 aromatic heterocycles. The number of nitrogens with zero attached hydrogens (tertiary/aromatic N) is 3. The van der Waals surface area contributed by atoms with Crippen LogP contribution in [0.15, 0.2) is 12.3 Å². The van der Waals surface area contributed by atoms with E-state index in [0.717, 1.165) is 51.2 Å². The van der Waals surface area contributed by atoms with Gasteiger partial charge in [-0.05, 0) is 51.4 Å². The van der Waals surface area contributed by atoms with Gasteiger partial charge in [-0.15, -0.1) is 0 Å². The minimum Gasteiger partial charge on any atom is -0.378 e. The summed E-state index contributed by atoms with van der Waals surface area (Å²) in [4.78, 5) is 14.5. The first-order chi connectivity index (χ1) is 11.7. The zero-order valence-corrected chi connectivity index (χ0v) is 14.9. The van der Waals surface area contributed by atoms with Crippen LogP contribution in [0.4, 0.5) is 10.6 Å². The third-order valence-electron chi connectivity index (χ3n) is 5.12. The number of nitrogens with one attached hydrogen (secondary N) is 1. The van der Waals surface area contributed by atoms with Crippen molar-refractivity contribution in [2.24, 2.45) is 5.92 Å². The number of likely N-dealkylation sites (tertiary alicyclic amines) is 1. The van der Waals surface area contributed by atoms with Crippen molar-refractivity contribution >= 4 is 11.8 Å². The summed E-state index contributed by atoms with van der Waals surface area (Å²) in [7, 11) is 0. The first-order valence-corrected chi connectivity index (χ1v) is 9.40. The molecule has 2 heterocycles. The van der Waals surface area contributed by atoms with E-state index in [1.807, 2.05) is 15.6 Å². The van der Waals surface area contributed by atoms with Gasteiger partial charge in [-0.2, -0.15) is 5.10 Å². The average molecular weight is 334 g/mol. The molecular formula is C18H30N4O2. The summed E-state index contributed by atoms with van der Waals surface area (Å²) in [6, 6.07) is 2.23. The number of anilines is 1. The lowest BCUT2D eigenvalue weighted by atomic mass is 10.2. The fourth-order valence-corrected chi connectivity index (χ4v) is 3.42. The van der Waals surface area contributed by atoms with E-state index in [4.69, 9.17) is 4.74 Å². The molecule has 0 aromatic carbocycles. The van der Waals surface area contributed by atoms with Crippen LogP contribution in [0.5, 0.6) is 0 Å². The van der Waals surface area contributed by atoms with Gasteiger partial charge in [-0.25, -0.2) is 9.48 Å². The van der Waals surface area contributed by atoms with Gasteiger partial charge in [0.05, 0.1) is 18.3 Å². The van der Waals surface area contributed by atoms with E-state index in [2.05, 4.69) is 24.3 Å². The summed E-state index contributed by atoms with van der Waals surface area (Å²) in [6.45, 7) is 6.68. The highest BCUT2D eigenvalue weighted by Crippen LogP contribution is 2.40. The van der Waals surface area contributed by atoms with Gasteiger partial charge in [-0.3, -0.25) is 5.32 Å². The Labute approximate surface area is 144 Å². The molecule has 3 rings (SSSR count). The molecule has 1 saturated heterocycles. The molecule has 0 radical (unpaired) electrons. The Balaban J connectivity index is 1.54. The summed E-state index contributed by atoms with van der Waals surface area (Å²) in [5.74, 6) is 1.51. The van der Waals surface area contributed by atoms with Crippen LogP contribution >= 0.6 is 0 Å². The lowest BCUT2D eigenvalue weighted by molar-refractivity contribution is 0.0446. The number of rotatable bonds is 6. The zero-order valence-electron chi connectivity index (χ0n) is 14.9. The lowest BCUT2D eigenvalue weighted by Crippen LogP contribution is -2.36. The Morgan fingerprint density at radius 1 is 1.38 bits per heavy atom. The standard InChI is InChI=1S/C18H30N4O2/c1-3-13-24-16-5-4-11-21(12-9-16)18(23)20-17-8-10-19-22(17)14(2)15-6-7-15/h8,10,14-16H,3-7,9,11-13H2,1-2H3,(H,20,23)/t14-,16-/m1/s1. The highest BCUT2D eigenvalue weighted by molar-refractivity contribution is 5.88. The molecule has 6 heteroatoms. The van der Waals surface area contributed by atoms with E-state index in [-0.39, 0.29) is 6.03 Å². The Morgan fingerprint density at radius 2 is 2.21 bits per heavy atom. The summed E-state index contributed by atoms with van der Waals surface area (Å²) in [5, 5.41) is 7.46. The summed E-state index contributed by atoms with van der Waals surface area (Å²) >= 11 is 0. The molecule has 2 amide bonds. The zero-order chi connectivity index (χ0) is 16.9. The fraction of sp³-hybridized carbons (Fsp3) is 0.778. The SMILES string of the molecule is CCCO[C@@H]1CCCN(C(=O)Nc2ccnn2[C@H](C)C2CC2)CC1. The molecule has 6 nitrogen and oxygen atoms in total. The van der Waals surface area contributed by atoms with Gasteiger partial charge in [0.15, 0.2) is 0 Å². The number of carbonyl (C=O) groups excluding carboxylic acids is 1. The minimum absolute atomic E-state index is 0.0177. The number of amides is 2. The first kappa shape index (κ1) is 17.3. The van der Waals surface area contributed by atoms with Crippen LogP contribution in [0, 0.1) is 5.92 Å². The monoisotopic (exact) mass is 334 g/mol. The second-order valence-corrected chi connectivity index (χ2v) is 7.08. The molecule has 1 aliphatic carbocycles. The highest BCUT2D eigenvalue weighted by atomic mass is 16.5. The Morgan fingerprint density at radius 3 is 2.96 bits per heavy atom. The minimum atomic E-state index is -0.0177. The van der Waals surface area contributed by atoms with Gasteiger partial charge in [-0.1, -0.05) is 6.92 Å². The average Bonchev–Trinajstić information content (AvgIpc) is 3.37. The Hall–Kier alpha value is -1.56. The first-order valence-electron chi connectivity index (χ1n) is 9.40. The molecule has 1 aliphatic heterocycles. The smallest absolute Gasteiger partial charge is 0.323 e. The van der Waals surface area contributed by atoms with Crippen molar-refractivity contribution in [1.82, 2.24) is 14.7 Å². The Bertz CT molecular complexity index is 541. The second-order valence-electron chi connectivity index (χ2n) is 7.08. The van der Waals surface area contributed by atoms with Crippen LogP contribution in [-0.4, -0.2) is 46.5 Å². The van der Waals surface area contributed by atoms with Gasteiger partial charge in [0.2, 0.25) is 0 Å². The third kappa shape index (κ3) is 4.29. The molecule has 0 spiro atoms. The van der Waals surface area contributed by atoms with Crippen LogP contribution in [0.1, 0.15) is 58.4 Å². The quantitative estimate of drug-likeness (QED) is 0.863. The van der Waals surface area contributed by atoms with E-state index in [9.17, 15) is 4.79 Å². The second kappa shape index (κ2) is 8.01. The normalized spacial score (nSPS) is 22.9. The van der Waals surface area contributed by atoms with Crippen molar-refractivity contribution in [3.63, 3.8) is 0 Å². The number of ether oxygens (including phenoxy) is 1. The summed E-state index contributed by atoms with van der Waals surface area (Å²) < 4.78 is 7.82. The maximum absolute atomic E-state index is 12.6. The van der Waals surface area contributed by atoms with Gasteiger partial charge in [0.1, 0.15) is 5.82 Å². The number of aromatic nitrogens is 2. The van der Waals surface area contributed by atoms with Crippen LogP contribution < -0.4 is 5.32 Å². The number of hydrogen-bond acceptors (Lipinski definition) is 3. The molecule has 24 heavy (non-hydrogen) atoms. The molecule has 0 unspecified atom stereocenters. The highest BCUT2D eigenvalue weighted by Gasteiger charge is 2.31. The van der Waals surface area contributed by atoms with E-state index >= 15 is 0 Å². The number of carbonyl (C=O) groups is 1. The largest absolute Gasteiger partial charge is 0.378 e. The van der Waals surface area contributed by atoms with E-state index < -0.39 is 0 Å². The van der Waals surface area contributed by atoms with Crippen molar-refractivity contribution in [3.05, 3.63) is 12.3 Å². The predicted octanol–water partition coefficient (Wildman–Crippen LogP) is 3.67. The van der Waals surface area contributed by atoms with Crippen molar-refractivity contribution in [2.45, 2.75) is 64.5 Å². The fourth-order valence-electron chi connectivity index (χ4n) is 3.42.